The van der Waals surface area contributed by atoms with Gasteiger partial charge >= 0.3 is 6.03 Å². The van der Waals surface area contributed by atoms with E-state index < -0.39 is 6.10 Å². The van der Waals surface area contributed by atoms with E-state index in [0.29, 0.717) is 19.4 Å². The number of para-hydroxylation sites is 1. The van der Waals surface area contributed by atoms with Gasteiger partial charge in [0.2, 0.25) is 0 Å². The van der Waals surface area contributed by atoms with Crippen molar-refractivity contribution < 1.29 is 14.6 Å². The number of benzene rings is 1. The summed E-state index contributed by atoms with van der Waals surface area (Å²) in [5, 5.41) is 15.6. The monoisotopic (exact) mass is 320 g/mol. The van der Waals surface area contributed by atoms with Gasteiger partial charge in [0.15, 0.2) is 0 Å². The normalized spacial score (nSPS) is 20.3. The predicted molar refractivity (Wildman–Crippen MR) is 90.5 cm³/mol. The van der Waals surface area contributed by atoms with Gasteiger partial charge in [-0.3, -0.25) is 0 Å². The number of nitrogens with one attached hydrogen (secondary N) is 2. The molecule has 2 atom stereocenters. The third-order valence-corrected chi connectivity index (χ3v) is 4.18. The van der Waals surface area contributed by atoms with E-state index in [2.05, 4.69) is 10.6 Å². The molecule has 3 N–H and O–H groups in total. The Morgan fingerprint density at radius 3 is 2.78 bits per heavy atom. The first-order valence-electron chi connectivity index (χ1n) is 8.29. The van der Waals surface area contributed by atoms with Gasteiger partial charge in [-0.1, -0.05) is 32.0 Å². The molecule has 0 aliphatic carbocycles. The summed E-state index contributed by atoms with van der Waals surface area (Å²) >= 11 is 0. The zero-order valence-corrected chi connectivity index (χ0v) is 14.4. The van der Waals surface area contributed by atoms with Crippen LogP contribution < -0.4 is 15.4 Å². The van der Waals surface area contributed by atoms with Crippen molar-refractivity contribution in [1.82, 2.24) is 10.6 Å². The molecule has 1 aliphatic heterocycles. The van der Waals surface area contributed by atoms with Crippen LogP contribution in [0.25, 0.3) is 0 Å². The first-order valence-corrected chi connectivity index (χ1v) is 8.29. The van der Waals surface area contributed by atoms with Crippen LogP contribution in [-0.4, -0.2) is 29.4 Å². The molecule has 2 unspecified atom stereocenters. The average Bonchev–Trinajstić information content (AvgIpc) is 2.45. The zero-order valence-electron chi connectivity index (χ0n) is 14.4. The van der Waals surface area contributed by atoms with Gasteiger partial charge in [-0.2, -0.15) is 0 Å². The van der Waals surface area contributed by atoms with E-state index in [9.17, 15) is 9.90 Å². The fourth-order valence-electron chi connectivity index (χ4n) is 2.81. The van der Waals surface area contributed by atoms with Crippen LogP contribution in [0.1, 0.15) is 52.1 Å². The smallest absolute Gasteiger partial charge is 0.315 e. The number of carbonyl (C=O) groups is 1. The lowest BCUT2D eigenvalue weighted by Crippen LogP contribution is -2.45. The molecule has 128 valence electrons. The van der Waals surface area contributed by atoms with Crippen molar-refractivity contribution in [2.45, 2.75) is 58.3 Å². The minimum absolute atomic E-state index is 0.0787. The molecule has 1 heterocycles. The second kappa shape index (κ2) is 7.21. The maximum absolute atomic E-state index is 12.1. The number of urea groups is 1. The molecule has 1 aromatic carbocycles. The highest BCUT2D eigenvalue weighted by Gasteiger charge is 2.34. The van der Waals surface area contributed by atoms with Crippen molar-refractivity contribution in [2.75, 3.05) is 6.54 Å². The van der Waals surface area contributed by atoms with E-state index in [-0.39, 0.29) is 23.6 Å². The Balaban J connectivity index is 1.93. The van der Waals surface area contributed by atoms with Gasteiger partial charge in [0.05, 0.1) is 12.1 Å². The molecule has 0 fully saturated rings. The molecule has 0 saturated carbocycles. The Hall–Kier alpha value is -1.75. The van der Waals surface area contributed by atoms with Gasteiger partial charge < -0.3 is 20.5 Å². The maximum Gasteiger partial charge on any atom is 0.315 e. The lowest BCUT2D eigenvalue weighted by molar-refractivity contribution is 0.0678. The molecule has 0 bridgehead atoms. The second-order valence-corrected chi connectivity index (χ2v) is 7.16. The molecule has 0 radical (unpaired) electrons. The summed E-state index contributed by atoms with van der Waals surface area (Å²) in [6, 6.07) is 7.51. The Bertz CT molecular complexity index is 543. The third-order valence-electron chi connectivity index (χ3n) is 4.18. The minimum atomic E-state index is -0.391. The molecule has 2 rings (SSSR count). The van der Waals surface area contributed by atoms with Crippen molar-refractivity contribution in [3.8, 4) is 5.75 Å². The molecule has 5 nitrogen and oxygen atoms in total. The number of aliphatic hydroxyl groups excluding tert-OH is 1. The molecule has 0 saturated heterocycles. The topological polar surface area (TPSA) is 70.6 Å². The van der Waals surface area contributed by atoms with Gasteiger partial charge in [-0.15, -0.1) is 0 Å². The van der Waals surface area contributed by atoms with Crippen LogP contribution >= 0.6 is 0 Å². The summed E-state index contributed by atoms with van der Waals surface area (Å²) in [6.07, 6.45) is 0.880. The van der Waals surface area contributed by atoms with Crippen LogP contribution in [0.4, 0.5) is 4.79 Å². The van der Waals surface area contributed by atoms with Crippen LogP contribution in [0.5, 0.6) is 5.75 Å². The minimum Gasteiger partial charge on any atom is -0.487 e. The number of amides is 2. The maximum atomic E-state index is 12.1. The molecule has 5 heteroatoms. The first-order chi connectivity index (χ1) is 10.8. The Morgan fingerprint density at radius 2 is 2.09 bits per heavy atom. The first kappa shape index (κ1) is 17.6. The summed E-state index contributed by atoms with van der Waals surface area (Å²) in [6.45, 7) is 8.43. The molecule has 23 heavy (non-hydrogen) atoms. The fourth-order valence-corrected chi connectivity index (χ4v) is 2.81. The molecule has 1 aromatic rings. The SMILES string of the molecule is CC(C)C(O)CCNC(=O)NC1CC(C)(C)Oc2ccccc21. The number of ether oxygens (including phenoxy) is 1. The lowest BCUT2D eigenvalue weighted by atomic mass is 9.90. The molecule has 1 aliphatic rings. The highest BCUT2D eigenvalue weighted by Crippen LogP contribution is 2.39. The van der Waals surface area contributed by atoms with Gasteiger partial charge in [-0.25, -0.2) is 4.79 Å². The molecule has 0 spiro atoms. The second-order valence-electron chi connectivity index (χ2n) is 7.16. The zero-order chi connectivity index (χ0) is 17.0. The van der Waals surface area contributed by atoms with Crippen molar-refractivity contribution >= 4 is 6.03 Å². The summed E-state index contributed by atoms with van der Waals surface area (Å²) in [5.41, 5.74) is 0.685. The molecular formula is C18H28N2O3. The van der Waals surface area contributed by atoms with Gasteiger partial charge in [0.25, 0.3) is 0 Å². The van der Waals surface area contributed by atoms with Crippen molar-refractivity contribution in [2.24, 2.45) is 5.92 Å². The van der Waals surface area contributed by atoms with E-state index in [1.165, 1.54) is 0 Å². The van der Waals surface area contributed by atoms with Crippen LogP contribution in [0, 0.1) is 5.92 Å². The number of fused-ring (bicyclic) bond motifs is 1. The summed E-state index contributed by atoms with van der Waals surface area (Å²) in [7, 11) is 0. The lowest BCUT2D eigenvalue weighted by Gasteiger charge is -2.37. The average molecular weight is 320 g/mol. The number of hydrogen-bond acceptors (Lipinski definition) is 3. The van der Waals surface area contributed by atoms with Crippen molar-refractivity contribution in [1.29, 1.82) is 0 Å². The van der Waals surface area contributed by atoms with Gasteiger partial charge in [0, 0.05) is 18.5 Å². The Kier molecular flexibility index (Phi) is 5.52. The number of hydrogen-bond donors (Lipinski definition) is 3. The quantitative estimate of drug-likeness (QED) is 0.781. The van der Waals surface area contributed by atoms with Crippen LogP contribution in [-0.2, 0) is 0 Å². The van der Waals surface area contributed by atoms with Crippen LogP contribution in [0.15, 0.2) is 24.3 Å². The van der Waals surface area contributed by atoms with E-state index in [1.807, 2.05) is 52.0 Å². The molecule has 2 amide bonds. The Labute approximate surface area is 138 Å². The number of rotatable bonds is 5. The summed E-state index contributed by atoms with van der Waals surface area (Å²) < 4.78 is 5.97. The highest BCUT2D eigenvalue weighted by atomic mass is 16.5. The van der Waals surface area contributed by atoms with Crippen molar-refractivity contribution in [3.05, 3.63) is 29.8 Å². The van der Waals surface area contributed by atoms with E-state index in [0.717, 1.165) is 11.3 Å². The largest absolute Gasteiger partial charge is 0.487 e. The number of aliphatic hydroxyl groups is 1. The fraction of sp³-hybridized carbons (Fsp3) is 0.611. The standard InChI is InChI=1S/C18H28N2O3/c1-12(2)15(21)9-10-19-17(22)20-14-11-18(3,4)23-16-8-6-5-7-13(14)16/h5-8,12,14-15,21H,9-11H2,1-4H3,(H2,19,20,22). The van der Waals surface area contributed by atoms with E-state index >= 15 is 0 Å². The van der Waals surface area contributed by atoms with Gasteiger partial charge in [-0.05, 0) is 32.3 Å². The van der Waals surface area contributed by atoms with Crippen molar-refractivity contribution in [3.63, 3.8) is 0 Å². The van der Waals surface area contributed by atoms with Gasteiger partial charge in [0.1, 0.15) is 11.4 Å². The van der Waals surface area contributed by atoms with E-state index in [1.54, 1.807) is 0 Å². The summed E-state index contributed by atoms with van der Waals surface area (Å²) in [4.78, 5) is 12.1. The third kappa shape index (κ3) is 4.86. The van der Waals surface area contributed by atoms with Crippen LogP contribution in [0.2, 0.25) is 0 Å². The molecule has 0 aromatic heterocycles. The number of carbonyl (C=O) groups excluding carboxylic acids is 1. The highest BCUT2D eigenvalue weighted by molar-refractivity contribution is 5.74. The Morgan fingerprint density at radius 1 is 1.39 bits per heavy atom. The molecular weight excluding hydrogens is 292 g/mol. The summed E-state index contributed by atoms with van der Waals surface area (Å²) in [5.74, 6) is 1.02. The van der Waals surface area contributed by atoms with Crippen LogP contribution in [0.3, 0.4) is 0 Å². The van der Waals surface area contributed by atoms with E-state index in [4.69, 9.17) is 4.74 Å². The predicted octanol–water partition coefficient (Wildman–Crippen LogP) is 3.00.